The molecule has 2 fully saturated rings. The summed E-state index contributed by atoms with van der Waals surface area (Å²) < 4.78 is 10.7. The molecule has 1 aromatic heterocycles. The number of aryl methyl sites for hydroxylation is 2. The van der Waals surface area contributed by atoms with Crippen molar-refractivity contribution in [2.24, 2.45) is 0 Å². The minimum atomic E-state index is -0.0642. The summed E-state index contributed by atoms with van der Waals surface area (Å²) in [6.45, 7) is 4.96. The molecule has 0 bridgehead atoms. The van der Waals surface area contributed by atoms with Gasteiger partial charge in [0.1, 0.15) is 12.4 Å². The van der Waals surface area contributed by atoms with E-state index in [0.717, 1.165) is 17.0 Å². The fourth-order valence-corrected chi connectivity index (χ4v) is 3.21. The Morgan fingerprint density at radius 3 is 2.82 bits per heavy atom. The van der Waals surface area contributed by atoms with Gasteiger partial charge in [0.25, 0.3) is 0 Å². The summed E-state index contributed by atoms with van der Waals surface area (Å²) in [6.07, 6.45) is 0.979. The first-order valence-corrected chi connectivity index (χ1v) is 7.54. The second kappa shape index (κ2) is 5.72. The van der Waals surface area contributed by atoms with Crippen molar-refractivity contribution in [3.05, 3.63) is 17.0 Å². The van der Waals surface area contributed by atoms with Gasteiger partial charge in [-0.15, -0.1) is 0 Å². The van der Waals surface area contributed by atoms with Gasteiger partial charge >= 0.3 is 0 Å². The summed E-state index contributed by atoms with van der Waals surface area (Å²) >= 11 is 0. The number of carbonyl (C=O) groups is 2. The monoisotopic (exact) mass is 307 g/mol. The van der Waals surface area contributed by atoms with Crippen molar-refractivity contribution in [3.63, 3.8) is 0 Å². The molecule has 0 aromatic carbocycles. The standard InChI is InChI=1S/C15H21N3O4/c1-9-11(10(2)22-16-9)4-5-14(19)18-6-12-13(7-18)21-8-15(20)17(12)3/h12-13H,4-8H2,1-3H3/t12-,13-/m0/s1. The first-order valence-electron chi connectivity index (χ1n) is 7.54. The normalized spacial score (nSPS) is 24.8. The highest BCUT2D eigenvalue weighted by atomic mass is 16.5. The van der Waals surface area contributed by atoms with Crippen molar-refractivity contribution in [2.75, 3.05) is 26.7 Å². The van der Waals surface area contributed by atoms with E-state index in [0.29, 0.717) is 25.9 Å². The van der Waals surface area contributed by atoms with E-state index in [9.17, 15) is 9.59 Å². The number of likely N-dealkylation sites (N-methyl/N-ethyl adjacent to an activating group) is 1. The molecule has 0 spiro atoms. The molecule has 7 nitrogen and oxygen atoms in total. The number of morpholine rings is 1. The highest BCUT2D eigenvalue weighted by molar-refractivity contribution is 5.80. The Morgan fingerprint density at radius 1 is 1.36 bits per heavy atom. The quantitative estimate of drug-likeness (QED) is 0.802. The van der Waals surface area contributed by atoms with Crippen LogP contribution in [0.1, 0.15) is 23.4 Å². The molecule has 3 rings (SSSR count). The molecular weight excluding hydrogens is 286 g/mol. The van der Waals surface area contributed by atoms with Crippen LogP contribution in [0, 0.1) is 13.8 Å². The predicted octanol–water partition coefficient (Wildman–Crippen LogP) is 0.292. The Bertz CT molecular complexity index is 578. The van der Waals surface area contributed by atoms with Crippen molar-refractivity contribution in [1.82, 2.24) is 15.0 Å². The molecule has 0 N–H and O–H groups in total. The second-order valence-corrected chi connectivity index (χ2v) is 6.02. The summed E-state index contributed by atoms with van der Waals surface area (Å²) in [5.74, 6) is 0.833. The van der Waals surface area contributed by atoms with Gasteiger partial charge in [0, 0.05) is 32.1 Å². The zero-order valence-electron chi connectivity index (χ0n) is 13.2. The molecule has 2 aliphatic heterocycles. The van der Waals surface area contributed by atoms with Crippen molar-refractivity contribution in [1.29, 1.82) is 0 Å². The molecular formula is C15H21N3O4. The van der Waals surface area contributed by atoms with Crippen molar-refractivity contribution in [2.45, 2.75) is 38.8 Å². The lowest BCUT2D eigenvalue weighted by Crippen LogP contribution is -2.51. The summed E-state index contributed by atoms with van der Waals surface area (Å²) in [5.41, 5.74) is 1.85. The van der Waals surface area contributed by atoms with Gasteiger partial charge in [-0.3, -0.25) is 9.59 Å². The molecule has 2 saturated heterocycles. The number of fused-ring (bicyclic) bond motifs is 1. The number of ether oxygens (including phenoxy) is 1. The van der Waals surface area contributed by atoms with Gasteiger partial charge in [-0.2, -0.15) is 0 Å². The molecule has 22 heavy (non-hydrogen) atoms. The number of hydrogen-bond acceptors (Lipinski definition) is 5. The van der Waals surface area contributed by atoms with Gasteiger partial charge in [0.15, 0.2) is 0 Å². The number of likely N-dealkylation sites (tertiary alicyclic amines) is 1. The van der Waals surface area contributed by atoms with E-state index >= 15 is 0 Å². The molecule has 0 unspecified atom stereocenters. The van der Waals surface area contributed by atoms with Crippen LogP contribution < -0.4 is 0 Å². The first kappa shape index (κ1) is 15.0. The van der Waals surface area contributed by atoms with E-state index in [2.05, 4.69) is 5.16 Å². The van der Waals surface area contributed by atoms with Gasteiger partial charge in [0.2, 0.25) is 11.8 Å². The third kappa shape index (κ3) is 2.61. The number of carbonyl (C=O) groups excluding carboxylic acids is 2. The number of rotatable bonds is 3. The van der Waals surface area contributed by atoms with Crippen LogP contribution in [0.25, 0.3) is 0 Å². The minimum absolute atomic E-state index is 0.0220. The number of hydrogen-bond donors (Lipinski definition) is 0. The number of nitrogens with zero attached hydrogens (tertiary/aromatic N) is 3. The Kier molecular flexibility index (Phi) is 3.90. The zero-order chi connectivity index (χ0) is 15.9. The highest BCUT2D eigenvalue weighted by Crippen LogP contribution is 2.23. The van der Waals surface area contributed by atoms with Crippen molar-refractivity contribution >= 4 is 11.8 Å². The van der Waals surface area contributed by atoms with Gasteiger partial charge in [-0.1, -0.05) is 5.16 Å². The molecule has 3 heterocycles. The second-order valence-electron chi connectivity index (χ2n) is 6.02. The van der Waals surface area contributed by atoms with E-state index in [1.807, 2.05) is 13.8 Å². The van der Waals surface area contributed by atoms with Gasteiger partial charge in [-0.05, 0) is 20.3 Å². The topological polar surface area (TPSA) is 75.9 Å². The molecule has 0 radical (unpaired) electrons. The molecule has 2 aliphatic rings. The summed E-state index contributed by atoms with van der Waals surface area (Å²) in [7, 11) is 1.78. The van der Waals surface area contributed by atoms with E-state index in [1.54, 1.807) is 16.8 Å². The Balaban J connectivity index is 1.59. The van der Waals surface area contributed by atoms with Crippen molar-refractivity contribution < 1.29 is 18.8 Å². The van der Waals surface area contributed by atoms with E-state index in [-0.39, 0.29) is 30.6 Å². The molecule has 2 amide bonds. The van der Waals surface area contributed by atoms with Gasteiger partial charge < -0.3 is 19.1 Å². The summed E-state index contributed by atoms with van der Waals surface area (Å²) in [6, 6.07) is -0.0238. The third-order valence-electron chi connectivity index (χ3n) is 4.67. The average molecular weight is 307 g/mol. The van der Waals surface area contributed by atoms with Crippen LogP contribution in [0.15, 0.2) is 4.52 Å². The number of amides is 2. The van der Waals surface area contributed by atoms with Crippen LogP contribution in [0.3, 0.4) is 0 Å². The van der Waals surface area contributed by atoms with E-state index < -0.39 is 0 Å². The van der Waals surface area contributed by atoms with E-state index in [4.69, 9.17) is 9.26 Å². The predicted molar refractivity (Wildman–Crippen MR) is 77.2 cm³/mol. The Morgan fingerprint density at radius 2 is 2.14 bits per heavy atom. The van der Waals surface area contributed by atoms with Crippen LogP contribution in [-0.4, -0.2) is 65.7 Å². The maximum Gasteiger partial charge on any atom is 0.248 e. The Labute approximate surface area is 129 Å². The van der Waals surface area contributed by atoms with Crippen LogP contribution in [0.4, 0.5) is 0 Å². The maximum atomic E-state index is 12.4. The fraction of sp³-hybridized carbons (Fsp3) is 0.667. The molecule has 0 aliphatic carbocycles. The Hall–Kier alpha value is -1.89. The van der Waals surface area contributed by atoms with Crippen LogP contribution in [0.5, 0.6) is 0 Å². The molecule has 2 atom stereocenters. The SMILES string of the molecule is Cc1noc(C)c1CCC(=O)N1C[C@@H]2OCC(=O)N(C)[C@H]2C1. The fourth-order valence-electron chi connectivity index (χ4n) is 3.21. The van der Waals surface area contributed by atoms with Gasteiger partial charge in [-0.25, -0.2) is 0 Å². The molecule has 1 aromatic rings. The average Bonchev–Trinajstić information content (AvgIpc) is 3.06. The third-order valence-corrected chi connectivity index (χ3v) is 4.67. The highest BCUT2D eigenvalue weighted by Gasteiger charge is 2.42. The molecule has 0 saturated carbocycles. The lowest BCUT2D eigenvalue weighted by atomic mass is 10.1. The summed E-state index contributed by atoms with van der Waals surface area (Å²) in [5, 5.41) is 3.90. The zero-order valence-corrected chi connectivity index (χ0v) is 13.2. The van der Waals surface area contributed by atoms with Crippen LogP contribution in [0.2, 0.25) is 0 Å². The largest absolute Gasteiger partial charge is 0.364 e. The summed E-state index contributed by atoms with van der Waals surface area (Å²) in [4.78, 5) is 27.6. The van der Waals surface area contributed by atoms with Crippen molar-refractivity contribution in [3.8, 4) is 0 Å². The lowest BCUT2D eigenvalue weighted by molar-refractivity contribution is -0.150. The van der Waals surface area contributed by atoms with Gasteiger partial charge in [0.05, 0.1) is 17.8 Å². The minimum Gasteiger partial charge on any atom is -0.364 e. The van der Waals surface area contributed by atoms with E-state index in [1.165, 1.54) is 0 Å². The van der Waals surface area contributed by atoms with Crippen LogP contribution >= 0.6 is 0 Å². The van der Waals surface area contributed by atoms with Crippen LogP contribution in [-0.2, 0) is 20.7 Å². The smallest absolute Gasteiger partial charge is 0.248 e. The number of aromatic nitrogens is 1. The first-order chi connectivity index (χ1) is 10.5. The lowest BCUT2D eigenvalue weighted by Gasteiger charge is -2.33. The molecule has 120 valence electrons. The molecule has 7 heteroatoms. The maximum absolute atomic E-state index is 12.4.